The first kappa shape index (κ1) is 26.6. The minimum atomic E-state index is 0.916. The number of hydrogen-bond acceptors (Lipinski definition) is 2. The van der Waals surface area contributed by atoms with Crippen molar-refractivity contribution >= 4 is 65.7 Å². The van der Waals surface area contributed by atoms with Crippen LogP contribution in [0.5, 0.6) is 0 Å². The predicted molar refractivity (Wildman–Crippen MR) is 183 cm³/mol. The van der Waals surface area contributed by atoms with Crippen LogP contribution in [0.25, 0.3) is 82.5 Å². The van der Waals surface area contributed by atoms with Gasteiger partial charge < -0.3 is 13.4 Å². The van der Waals surface area contributed by atoms with Crippen LogP contribution >= 0.6 is 0 Å². The minimum Gasteiger partial charge on any atom is -0.455 e. The fraction of sp³-hybridized carbons (Fsp3) is 0.100. The molecule has 0 radical (unpaired) electrons. The van der Waals surface area contributed by atoms with Crippen molar-refractivity contribution in [2.45, 2.75) is 27.7 Å². The van der Waals surface area contributed by atoms with E-state index in [1.165, 1.54) is 5.39 Å². The van der Waals surface area contributed by atoms with Gasteiger partial charge in [-0.2, -0.15) is 0 Å². The zero-order chi connectivity index (χ0) is 29.5. The molecule has 0 aliphatic rings. The second-order valence-electron chi connectivity index (χ2n) is 10.1. The Balaban J connectivity index is 0.000000723. The molecule has 0 amide bonds. The summed E-state index contributed by atoms with van der Waals surface area (Å²) in [7, 11) is 0. The van der Waals surface area contributed by atoms with E-state index in [4.69, 9.17) is 8.83 Å². The SMILES string of the molecule is CC.CC.c1ccc2c(c1)oc1c(-c3ccc(-n4c5ccccc5c5c6oc7ccccc7c6ccc54)cc3)cccc12. The molecule has 0 saturated heterocycles. The maximum Gasteiger partial charge on any atom is 0.145 e. The molecule has 0 saturated carbocycles. The van der Waals surface area contributed by atoms with Crippen molar-refractivity contribution in [3.05, 3.63) is 127 Å². The summed E-state index contributed by atoms with van der Waals surface area (Å²) < 4.78 is 15.1. The van der Waals surface area contributed by atoms with E-state index in [2.05, 4.69) is 108 Å². The van der Waals surface area contributed by atoms with E-state index in [1.54, 1.807) is 0 Å². The molecular formula is C40H33NO2. The molecule has 3 heterocycles. The number of nitrogens with zero attached hydrogens (tertiary/aromatic N) is 1. The quantitative estimate of drug-likeness (QED) is 0.211. The van der Waals surface area contributed by atoms with Gasteiger partial charge in [0.2, 0.25) is 0 Å². The zero-order valence-corrected chi connectivity index (χ0v) is 24.9. The van der Waals surface area contributed by atoms with Crippen LogP contribution in [0.1, 0.15) is 27.7 Å². The van der Waals surface area contributed by atoms with E-state index in [0.29, 0.717) is 0 Å². The zero-order valence-electron chi connectivity index (χ0n) is 24.9. The molecule has 0 unspecified atom stereocenters. The third-order valence-corrected chi connectivity index (χ3v) is 8.02. The van der Waals surface area contributed by atoms with Gasteiger partial charge in [-0.25, -0.2) is 0 Å². The Bertz CT molecular complexity index is 2380. The van der Waals surface area contributed by atoms with Crippen LogP contribution in [-0.4, -0.2) is 4.57 Å². The lowest BCUT2D eigenvalue weighted by atomic mass is 10.0. The molecule has 0 bridgehead atoms. The Labute approximate surface area is 250 Å². The number of fused-ring (bicyclic) bond motifs is 10. The summed E-state index contributed by atoms with van der Waals surface area (Å²) in [6, 6.07) is 44.7. The van der Waals surface area contributed by atoms with Gasteiger partial charge >= 0.3 is 0 Å². The molecule has 3 aromatic heterocycles. The van der Waals surface area contributed by atoms with E-state index in [-0.39, 0.29) is 0 Å². The first-order chi connectivity index (χ1) is 21.3. The second kappa shape index (κ2) is 10.8. The summed E-state index contributed by atoms with van der Waals surface area (Å²) >= 11 is 0. The number of furan rings is 2. The molecule has 43 heavy (non-hydrogen) atoms. The third kappa shape index (κ3) is 4.04. The highest BCUT2D eigenvalue weighted by Crippen LogP contribution is 2.41. The Morgan fingerprint density at radius 3 is 1.67 bits per heavy atom. The van der Waals surface area contributed by atoms with Gasteiger partial charge in [-0.15, -0.1) is 0 Å². The number of hydrogen-bond donors (Lipinski definition) is 0. The molecule has 9 rings (SSSR count). The molecule has 0 fully saturated rings. The number of aromatic nitrogens is 1. The Morgan fingerprint density at radius 2 is 0.977 bits per heavy atom. The lowest BCUT2D eigenvalue weighted by molar-refractivity contribution is 0.670. The van der Waals surface area contributed by atoms with Crippen LogP contribution in [-0.2, 0) is 0 Å². The molecule has 0 atom stereocenters. The molecule has 0 spiro atoms. The fourth-order valence-electron chi connectivity index (χ4n) is 6.28. The highest BCUT2D eigenvalue weighted by atomic mass is 16.3. The van der Waals surface area contributed by atoms with Gasteiger partial charge in [0.05, 0.1) is 16.4 Å². The third-order valence-electron chi connectivity index (χ3n) is 8.02. The molecule has 0 N–H and O–H groups in total. The first-order valence-electron chi connectivity index (χ1n) is 15.2. The van der Waals surface area contributed by atoms with Gasteiger partial charge in [0.1, 0.15) is 22.3 Å². The number of para-hydroxylation sites is 4. The summed E-state index contributed by atoms with van der Waals surface area (Å²) in [6.45, 7) is 8.00. The Morgan fingerprint density at radius 1 is 0.419 bits per heavy atom. The van der Waals surface area contributed by atoms with E-state index >= 15 is 0 Å². The van der Waals surface area contributed by atoms with Gasteiger partial charge in [0, 0.05) is 38.2 Å². The molecule has 6 aromatic carbocycles. The minimum absolute atomic E-state index is 0.916. The smallest absolute Gasteiger partial charge is 0.145 e. The monoisotopic (exact) mass is 559 g/mol. The fourth-order valence-corrected chi connectivity index (χ4v) is 6.28. The summed E-state index contributed by atoms with van der Waals surface area (Å²) in [5, 5.41) is 6.92. The average molecular weight is 560 g/mol. The van der Waals surface area contributed by atoms with Crippen LogP contribution in [0.2, 0.25) is 0 Å². The van der Waals surface area contributed by atoms with Crippen molar-refractivity contribution in [1.82, 2.24) is 4.57 Å². The van der Waals surface area contributed by atoms with Crippen LogP contribution in [0.3, 0.4) is 0 Å². The topological polar surface area (TPSA) is 31.2 Å². The Hall–Kier alpha value is -5.28. The Kier molecular flexibility index (Phi) is 6.71. The van der Waals surface area contributed by atoms with E-state index in [1.807, 2.05) is 52.0 Å². The van der Waals surface area contributed by atoms with Gasteiger partial charge in [-0.3, -0.25) is 0 Å². The molecule has 3 heteroatoms. The standard InChI is InChI=1S/C36H21NO2.2C2H6/c1-4-13-30-29(10-1)34-31(21-20-28-26-9-3-6-15-33(26)39-36(28)34)37(30)23-18-16-22(17-19-23)24-11-7-12-27-25-8-2-5-14-32(25)38-35(24)27;2*1-2/h1-21H;2*1-2H3. The highest BCUT2D eigenvalue weighted by molar-refractivity contribution is 6.23. The van der Waals surface area contributed by atoms with Crippen molar-refractivity contribution in [3.8, 4) is 16.8 Å². The predicted octanol–water partition coefficient (Wildman–Crippen LogP) is 12.3. The normalized spacial score (nSPS) is 11.3. The van der Waals surface area contributed by atoms with E-state index in [0.717, 1.165) is 77.1 Å². The molecule has 210 valence electrons. The largest absolute Gasteiger partial charge is 0.455 e. The average Bonchev–Trinajstić information content (AvgIpc) is 3.76. The van der Waals surface area contributed by atoms with Crippen molar-refractivity contribution in [3.63, 3.8) is 0 Å². The van der Waals surface area contributed by atoms with Gasteiger partial charge in [0.15, 0.2) is 0 Å². The van der Waals surface area contributed by atoms with Crippen LogP contribution < -0.4 is 0 Å². The lowest BCUT2D eigenvalue weighted by Gasteiger charge is -2.09. The maximum atomic E-state index is 6.44. The van der Waals surface area contributed by atoms with Crippen LogP contribution in [0, 0.1) is 0 Å². The van der Waals surface area contributed by atoms with E-state index < -0.39 is 0 Å². The first-order valence-corrected chi connectivity index (χ1v) is 15.2. The maximum absolute atomic E-state index is 6.44. The molecular weight excluding hydrogens is 526 g/mol. The highest BCUT2D eigenvalue weighted by Gasteiger charge is 2.18. The molecule has 9 aromatic rings. The van der Waals surface area contributed by atoms with Crippen LogP contribution in [0.15, 0.2) is 136 Å². The van der Waals surface area contributed by atoms with Crippen LogP contribution in [0.4, 0.5) is 0 Å². The lowest BCUT2D eigenvalue weighted by Crippen LogP contribution is -1.93. The number of benzene rings is 6. The van der Waals surface area contributed by atoms with E-state index in [9.17, 15) is 0 Å². The molecule has 3 nitrogen and oxygen atoms in total. The molecule has 0 aliphatic carbocycles. The van der Waals surface area contributed by atoms with Gasteiger partial charge in [-0.1, -0.05) is 113 Å². The van der Waals surface area contributed by atoms with Gasteiger partial charge in [-0.05, 0) is 48.0 Å². The summed E-state index contributed by atoms with van der Waals surface area (Å²) in [5.74, 6) is 0. The number of rotatable bonds is 2. The summed E-state index contributed by atoms with van der Waals surface area (Å²) in [5.41, 5.74) is 9.33. The van der Waals surface area contributed by atoms with Gasteiger partial charge in [0.25, 0.3) is 0 Å². The van der Waals surface area contributed by atoms with Crippen molar-refractivity contribution in [2.24, 2.45) is 0 Å². The summed E-state index contributed by atoms with van der Waals surface area (Å²) in [4.78, 5) is 0. The molecule has 0 aliphatic heterocycles. The van der Waals surface area contributed by atoms with Crippen molar-refractivity contribution in [1.29, 1.82) is 0 Å². The second-order valence-corrected chi connectivity index (χ2v) is 10.1. The van der Waals surface area contributed by atoms with Crippen molar-refractivity contribution < 1.29 is 8.83 Å². The summed E-state index contributed by atoms with van der Waals surface area (Å²) in [6.07, 6.45) is 0. The van der Waals surface area contributed by atoms with Crippen molar-refractivity contribution in [2.75, 3.05) is 0 Å².